The Labute approximate surface area is 219 Å². The first-order valence-electron chi connectivity index (χ1n) is 12.8. The molecule has 0 aliphatic rings. The fourth-order valence-corrected chi connectivity index (χ4v) is 4.01. The molecular weight excluding hydrogens is 464 g/mol. The van der Waals surface area contributed by atoms with Crippen LogP contribution in [-0.4, -0.2) is 29.7 Å². The van der Waals surface area contributed by atoms with Crippen molar-refractivity contribution < 1.29 is 23.9 Å². The summed E-state index contributed by atoms with van der Waals surface area (Å²) in [5, 5.41) is 0. The van der Waals surface area contributed by atoms with Crippen molar-refractivity contribution in [2.24, 2.45) is 5.92 Å². The highest BCUT2D eigenvalue weighted by Crippen LogP contribution is 2.27. The van der Waals surface area contributed by atoms with Crippen LogP contribution in [0.5, 0.6) is 5.75 Å². The summed E-state index contributed by atoms with van der Waals surface area (Å²) < 4.78 is 11.2. The number of hydrogen-bond donors (Lipinski definition) is 0. The van der Waals surface area contributed by atoms with Gasteiger partial charge >= 0.3 is 5.97 Å². The van der Waals surface area contributed by atoms with Gasteiger partial charge in [-0.2, -0.15) is 0 Å². The number of carbonyl (C=O) groups excluding carboxylic acids is 3. The molecule has 5 heteroatoms. The summed E-state index contributed by atoms with van der Waals surface area (Å²) in [5.41, 5.74) is 2.40. The lowest BCUT2D eigenvalue weighted by atomic mass is 9.88. The molecule has 0 aromatic heterocycles. The number of esters is 1. The maximum atomic E-state index is 13.1. The van der Waals surface area contributed by atoms with Gasteiger partial charge in [0.25, 0.3) is 0 Å². The average Bonchev–Trinajstić information content (AvgIpc) is 2.89. The van der Waals surface area contributed by atoms with Crippen molar-refractivity contribution in [1.82, 2.24) is 0 Å². The molecule has 0 aliphatic carbocycles. The number of carbonyl (C=O) groups is 3. The molecule has 0 saturated carbocycles. The molecule has 0 fully saturated rings. The summed E-state index contributed by atoms with van der Waals surface area (Å²) in [6, 6.07) is 24.1. The Kier molecular flexibility index (Phi) is 9.78. The second-order valence-electron chi connectivity index (χ2n) is 10.1. The van der Waals surface area contributed by atoms with Crippen molar-refractivity contribution in [2.45, 2.75) is 59.0 Å². The van der Waals surface area contributed by atoms with E-state index >= 15 is 0 Å². The van der Waals surface area contributed by atoms with E-state index in [0.29, 0.717) is 24.2 Å². The van der Waals surface area contributed by atoms with Crippen LogP contribution in [0.15, 0.2) is 78.9 Å². The van der Waals surface area contributed by atoms with Gasteiger partial charge in [-0.05, 0) is 68.5 Å². The maximum Gasteiger partial charge on any atom is 0.339 e. The molecule has 0 heterocycles. The van der Waals surface area contributed by atoms with Crippen LogP contribution in [0.25, 0.3) is 11.1 Å². The van der Waals surface area contributed by atoms with Gasteiger partial charge in [-0.15, -0.1) is 0 Å². The molecule has 0 radical (unpaired) electrons. The fourth-order valence-electron chi connectivity index (χ4n) is 4.01. The van der Waals surface area contributed by atoms with Crippen molar-refractivity contribution in [3.05, 3.63) is 90.0 Å². The second-order valence-corrected chi connectivity index (χ2v) is 10.1. The van der Waals surface area contributed by atoms with Gasteiger partial charge in [-0.1, -0.05) is 74.0 Å². The molecule has 0 amide bonds. The quantitative estimate of drug-likeness (QED) is 0.200. The van der Waals surface area contributed by atoms with Crippen LogP contribution in [0, 0.1) is 5.92 Å². The van der Waals surface area contributed by atoms with Crippen LogP contribution in [0.1, 0.15) is 62.9 Å². The number of ether oxygens (including phenoxy) is 2. The number of rotatable bonds is 12. The zero-order valence-corrected chi connectivity index (χ0v) is 22.2. The number of para-hydroxylation sites is 1. The third kappa shape index (κ3) is 8.42. The van der Waals surface area contributed by atoms with Gasteiger partial charge in [0.1, 0.15) is 23.7 Å². The summed E-state index contributed by atoms with van der Waals surface area (Å²) in [4.78, 5) is 38.8. The van der Waals surface area contributed by atoms with Gasteiger partial charge in [0, 0.05) is 6.42 Å². The fraction of sp³-hybridized carbons (Fsp3) is 0.344. The summed E-state index contributed by atoms with van der Waals surface area (Å²) in [6.07, 6.45) is 2.33. The standard InChI is InChI=1S/C32H36O5/c1-5-6-16-29(33)28(30(34)22-36-25-12-8-7-9-13-25)21-23-17-19-24(20-18-23)26-14-10-11-15-27(26)31(35)37-32(2,3)4/h7-15,17-20,28H,5-6,16,21-22H2,1-4H3. The van der Waals surface area contributed by atoms with Gasteiger partial charge in [0.05, 0.1) is 11.5 Å². The van der Waals surface area contributed by atoms with E-state index in [4.69, 9.17) is 9.47 Å². The minimum atomic E-state index is -0.754. The third-order valence-corrected chi connectivity index (χ3v) is 5.93. The minimum absolute atomic E-state index is 0.0529. The van der Waals surface area contributed by atoms with E-state index in [1.165, 1.54) is 0 Å². The normalized spacial score (nSPS) is 12.0. The molecule has 5 nitrogen and oxygen atoms in total. The van der Waals surface area contributed by atoms with E-state index in [-0.39, 0.29) is 24.1 Å². The highest BCUT2D eigenvalue weighted by molar-refractivity contribution is 6.03. The predicted octanol–water partition coefficient (Wildman–Crippen LogP) is 6.88. The number of ketones is 2. The number of hydrogen-bond acceptors (Lipinski definition) is 5. The van der Waals surface area contributed by atoms with Crippen LogP contribution in [0.4, 0.5) is 0 Å². The highest BCUT2D eigenvalue weighted by Gasteiger charge is 2.27. The van der Waals surface area contributed by atoms with Gasteiger partial charge in [-0.3, -0.25) is 9.59 Å². The molecule has 0 N–H and O–H groups in total. The van der Waals surface area contributed by atoms with Gasteiger partial charge < -0.3 is 9.47 Å². The van der Waals surface area contributed by atoms with Gasteiger partial charge in [-0.25, -0.2) is 4.79 Å². The predicted molar refractivity (Wildman–Crippen MR) is 146 cm³/mol. The zero-order chi connectivity index (χ0) is 26.8. The van der Waals surface area contributed by atoms with Gasteiger partial charge in [0.2, 0.25) is 0 Å². The first-order chi connectivity index (χ1) is 17.7. The SMILES string of the molecule is CCCCC(=O)C(Cc1ccc(-c2ccccc2C(=O)OC(C)(C)C)cc1)C(=O)COc1ccccc1. The lowest BCUT2D eigenvalue weighted by Crippen LogP contribution is -2.30. The van der Waals surface area contributed by atoms with Crippen LogP contribution in [-0.2, 0) is 20.7 Å². The molecular formula is C32H36O5. The van der Waals surface area contributed by atoms with Gasteiger partial charge in [0.15, 0.2) is 5.78 Å². The summed E-state index contributed by atoms with van der Waals surface area (Å²) >= 11 is 0. The molecule has 194 valence electrons. The second kappa shape index (κ2) is 13.0. The van der Waals surface area contributed by atoms with E-state index in [0.717, 1.165) is 29.5 Å². The lowest BCUT2D eigenvalue weighted by molar-refractivity contribution is -0.134. The molecule has 0 spiro atoms. The van der Waals surface area contributed by atoms with E-state index in [9.17, 15) is 14.4 Å². The Hall–Kier alpha value is -3.73. The highest BCUT2D eigenvalue weighted by atomic mass is 16.6. The smallest absolute Gasteiger partial charge is 0.339 e. The van der Waals surface area contributed by atoms with Crippen molar-refractivity contribution in [3.63, 3.8) is 0 Å². The van der Waals surface area contributed by atoms with E-state index < -0.39 is 11.5 Å². The Morgan fingerprint density at radius 2 is 1.46 bits per heavy atom. The van der Waals surface area contributed by atoms with E-state index in [1.54, 1.807) is 18.2 Å². The van der Waals surface area contributed by atoms with Crippen LogP contribution in [0.3, 0.4) is 0 Å². The summed E-state index contributed by atoms with van der Waals surface area (Å²) in [6.45, 7) is 7.40. The average molecular weight is 501 g/mol. The number of benzene rings is 3. The molecule has 0 bridgehead atoms. The minimum Gasteiger partial charge on any atom is -0.486 e. The largest absolute Gasteiger partial charge is 0.486 e. The Bertz CT molecular complexity index is 1190. The van der Waals surface area contributed by atoms with Crippen molar-refractivity contribution in [2.75, 3.05) is 6.61 Å². The van der Waals surface area contributed by atoms with E-state index in [1.807, 2.05) is 88.4 Å². The topological polar surface area (TPSA) is 69.7 Å². The van der Waals surface area contributed by atoms with Crippen LogP contribution in [0.2, 0.25) is 0 Å². The summed E-state index contributed by atoms with van der Waals surface area (Å²) in [5.74, 6) is -0.802. The van der Waals surface area contributed by atoms with Crippen LogP contribution >= 0.6 is 0 Å². The van der Waals surface area contributed by atoms with Crippen molar-refractivity contribution >= 4 is 17.5 Å². The first-order valence-corrected chi connectivity index (χ1v) is 12.8. The summed E-state index contributed by atoms with van der Waals surface area (Å²) in [7, 11) is 0. The molecule has 3 rings (SSSR count). The third-order valence-electron chi connectivity index (χ3n) is 5.93. The van der Waals surface area contributed by atoms with Crippen molar-refractivity contribution in [1.29, 1.82) is 0 Å². The molecule has 1 atom stereocenters. The first kappa shape index (κ1) is 27.9. The molecule has 1 unspecified atom stereocenters. The monoisotopic (exact) mass is 500 g/mol. The van der Waals surface area contributed by atoms with E-state index in [2.05, 4.69) is 0 Å². The molecule has 37 heavy (non-hydrogen) atoms. The van der Waals surface area contributed by atoms with Crippen LogP contribution < -0.4 is 4.74 Å². The zero-order valence-electron chi connectivity index (χ0n) is 22.2. The van der Waals surface area contributed by atoms with Crippen molar-refractivity contribution in [3.8, 4) is 16.9 Å². The Balaban J connectivity index is 1.77. The Morgan fingerprint density at radius 3 is 2.11 bits per heavy atom. The molecule has 3 aromatic rings. The lowest BCUT2D eigenvalue weighted by Gasteiger charge is -2.20. The number of Topliss-reactive ketones (excluding diaryl/α,β-unsaturated/α-hetero) is 2. The maximum absolute atomic E-state index is 13.1. The molecule has 0 aliphatic heterocycles. The molecule has 0 saturated heterocycles. The Morgan fingerprint density at radius 1 is 0.811 bits per heavy atom. The number of unbranched alkanes of at least 4 members (excludes halogenated alkanes) is 1. The molecule has 3 aromatic carbocycles.